The van der Waals surface area contributed by atoms with Gasteiger partial charge in [0.2, 0.25) is 0 Å². The molecule has 2 aromatic carbocycles. The molecule has 0 aliphatic heterocycles. The molecule has 2 aromatic rings. The molecule has 0 aliphatic carbocycles. The van der Waals surface area contributed by atoms with Gasteiger partial charge in [0.25, 0.3) is 5.91 Å². The van der Waals surface area contributed by atoms with Crippen molar-refractivity contribution in [1.29, 1.82) is 0 Å². The van der Waals surface area contributed by atoms with Crippen molar-refractivity contribution >= 4 is 23.2 Å². The zero-order chi connectivity index (χ0) is 14.5. The molecule has 2 rings (SSSR count). The van der Waals surface area contributed by atoms with Crippen molar-refractivity contribution in [2.75, 3.05) is 12.4 Å². The third-order valence-electron chi connectivity index (χ3n) is 2.87. The second-order valence-corrected chi connectivity index (χ2v) is 4.70. The first-order valence-corrected chi connectivity index (χ1v) is 6.51. The fraction of sp³-hybridized carbons (Fsp3) is 0.133. The maximum atomic E-state index is 11.6. The van der Waals surface area contributed by atoms with Gasteiger partial charge in [-0.3, -0.25) is 4.79 Å². The Morgan fingerprint density at radius 3 is 2.55 bits per heavy atom. The number of halogens is 1. The maximum absolute atomic E-state index is 11.6. The van der Waals surface area contributed by atoms with Gasteiger partial charge in [-0.2, -0.15) is 0 Å². The minimum Gasteiger partial charge on any atom is -0.508 e. The van der Waals surface area contributed by atoms with Gasteiger partial charge in [0, 0.05) is 19.2 Å². The van der Waals surface area contributed by atoms with Crippen molar-refractivity contribution in [1.82, 2.24) is 5.32 Å². The first kappa shape index (κ1) is 14.2. The smallest absolute Gasteiger partial charge is 0.251 e. The summed E-state index contributed by atoms with van der Waals surface area (Å²) in [6, 6.07) is 12.0. The van der Waals surface area contributed by atoms with E-state index in [2.05, 4.69) is 10.6 Å². The molecular formula is C15H15ClN2O2. The second-order valence-electron chi connectivity index (χ2n) is 4.29. The van der Waals surface area contributed by atoms with Crippen molar-refractivity contribution in [3.63, 3.8) is 0 Å². The molecule has 1 amide bonds. The van der Waals surface area contributed by atoms with Gasteiger partial charge >= 0.3 is 0 Å². The molecule has 4 nitrogen and oxygen atoms in total. The number of phenols is 1. The molecule has 3 N–H and O–H groups in total. The van der Waals surface area contributed by atoms with Crippen LogP contribution < -0.4 is 10.6 Å². The second kappa shape index (κ2) is 6.30. The Morgan fingerprint density at radius 1 is 1.20 bits per heavy atom. The van der Waals surface area contributed by atoms with Crippen LogP contribution in [-0.4, -0.2) is 18.1 Å². The number of carbonyl (C=O) groups excluding carboxylic acids is 1. The van der Waals surface area contributed by atoms with Gasteiger partial charge in [-0.25, -0.2) is 0 Å². The first-order chi connectivity index (χ1) is 9.60. The third kappa shape index (κ3) is 3.42. The molecule has 5 heteroatoms. The van der Waals surface area contributed by atoms with Crippen LogP contribution in [0.4, 0.5) is 5.69 Å². The molecular weight excluding hydrogens is 276 g/mol. The van der Waals surface area contributed by atoms with E-state index in [0.717, 1.165) is 5.56 Å². The summed E-state index contributed by atoms with van der Waals surface area (Å²) in [6.45, 7) is 0.553. The molecule has 0 saturated heterocycles. The summed E-state index contributed by atoms with van der Waals surface area (Å²) < 4.78 is 0. The number of anilines is 1. The average molecular weight is 291 g/mol. The summed E-state index contributed by atoms with van der Waals surface area (Å²) in [5.74, 6) is 0.0720. The van der Waals surface area contributed by atoms with E-state index >= 15 is 0 Å². The number of nitrogens with one attached hydrogen (secondary N) is 2. The fourth-order valence-electron chi connectivity index (χ4n) is 1.76. The molecule has 20 heavy (non-hydrogen) atoms. The molecule has 0 saturated carbocycles. The molecule has 0 spiro atoms. The monoisotopic (exact) mass is 290 g/mol. The van der Waals surface area contributed by atoms with E-state index in [1.807, 2.05) is 12.1 Å². The average Bonchev–Trinajstić information content (AvgIpc) is 2.47. The lowest BCUT2D eigenvalue weighted by atomic mass is 10.1. The van der Waals surface area contributed by atoms with E-state index < -0.39 is 0 Å². The lowest BCUT2D eigenvalue weighted by Gasteiger charge is -2.10. The molecule has 0 bridgehead atoms. The molecule has 0 aliphatic rings. The molecule has 0 fully saturated rings. The van der Waals surface area contributed by atoms with Crippen molar-refractivity contribution in [2.45, 2.75) is 6.54 Å². The zero-order valence-electron chi connectivity index (χ0n) is 11.0. The summed E-state index contributed by atoms with van der Waals surface area (Å²) in [5, 5.41) is 15.5. The first-order valence-electron chi connectivity index (χ1n) is 6.13. The minimum absolute atomic E-state index is 0.158. The third-order valence-corrected chi connectivity index (χ3v) is 3.20. The fourth-order valence-corrected chi connectivity index (χ4v) is 1.94. The Balaban J connectivity index is 2.12. The Morgan fingerprint density at radius 2 is 1.90 bits per heavy atom. The minimum atomic E-state index is -0.158. The van der Waals surface area contributed by atoms with Crippen LogP contribution in [0.3, 0.4) is 0 Å². The van der Waals surface area contributed by atoms with Gasteiger partial charge in [0.05, 0.1) is 10.7 Å². The van der Waals surface area contributed by atoms with Gasteiger partial charge in [0.1, 0.15) is 5.75 Å². The molecule has 0 unspecified atom stereocenters. The summed E-state index contributed by atoms with van der Waals surface area (Å²) >= 11 is 6.10. The normalized spacial score (nSPS) is 10.1. The Bertz CT molecular complexity index is 612. The van der Waals surface area contributed by atoms with Crippen LogP contribution in [0.25, 0.3) is 0 Å². The highest BCUT2D eigenvalue weighted by Crippen LogP contribution is 2.24. The number of hydrogen-bond donors (Lipinski definition) is 3. The highest BCUT2D eigenvalue weighted by Gasteiger charge is 2.07. The maximum Gasteiger partial charge on any atom is 0.251 e. The predicted octanol–water partition coefficient (Wildman–Crippen LogP) is 3.02. The van der Waals surface area contributed by atoms with Crippen LogP contribution in [0.15, 0.2) is 42.5 Å². The van der Waals surface area contributed by atoms with Gasteiger partial charge in [-0.15, -0.1) is 0 Å². The number of amides is 1. The number of benzene rings is 2. The van der Waals surface area contributed by atoms with E-state index in [9.17, 15) is 9.90 Å². The van der Waals surface area contributed by atoms with Crippen LogP contribution in [0.1, 0.15) is 15.9 Å². The van der Waals surface area contributed by atoms with E-state index in [1.54, 1.807) is 37.4 Å². The molecule has 104 valence electrons. The van der Waals surface area contributed by atoms with E-state index in [0.29, 0.717) is 22.8 Å². The number of aromatic hydroxyl groups is 1. The van der Waals surface area contributed by atoms with Crippen LogP contribution >= 0.6 is 11.6 Å². The zero-order valence-corrected chi connectivity index (χ0v) is 11.7. The summed E-state index contributed by atoms with van der Waals surface area (Å²) in [5.41, 5.74) is 2.25. The van der Waals surface area contributed by atoms with Gasteiger partial charge < -0.3 is 15.7 Å². The number of phenolic OH excluding ortho intramolecular Hbond substituents is 1. The SMILES string of the molecule is CNC(=O)c1ccc(Cl)c(NCc2ccc(O)cc2)c1. The molecule has 0 aromatic heterocycles. The van der Waals surface area contributed by atoms with Crippen molar-refractivity contribution < 1.29 is 9.90 Å². The topological polar surface area (TPSA) is 61.4 Å². The van der Waals surface area contributed by atoms with E-state index in [1.165, 1.54) is 0 Å². The number of hydrogen-bond acceptors (Lipinski definition) is 3. The van der Waals surface area contributed by atoms with Gasteiger partial charge in [0.15, 0.2) is 0 Å². The lowest BCUT2D eigenvalue weighted by Crippen LogP contribution is -2.17. The van der Waals surface area contributed by atoms with E-state index in [-0.39, 0.29) is 11.7 Å². The van der Waals surface area contributed by atoms with Crippen molar-refractivity contribution in [3.05, 3.63) is 58.6 Å². The van der Waals surface area contributed by atoms with Crippen molar-refractivity contribution in [3.8, 4) is 5.75 Å². The summed E-state index contributed by atoms with van der Waals surface area (Å²) in [4.78, 5) is 11.6. The highest BCUT2D eigenvalue weighted by molar-refractivity contribution is 6.33. The molecule has 0 atom stereocenters. The number of rotatable bonds is 4. The quantitative estimate of drug-likeness (QED) is 0.811. The van der Waals surface area contributed by atoms with Crippen LogP contribution in [0, 0.1) is 0 Å². The predicted molar refractivity (Wildman–Crippen MR) is 80.3 cm³/mol. The van der Waals surface area contributed by atoms with Crippen molar-refractivity contribution in [2.24, 2.45) is 0 Å². The van der Waals surface area contributed by atoms with Crippen LogP contribution in [-0.2, 0) is 6.54 Å². The lowest BCUT2D eigenvalue weighted by molar-refractivity contribution is 0.0963. The Hall–Kier alpha value is -2.20. The summed E-state index contributed by atoms with van der Waals surface area (Å²) in [6.07, 6.45) is 0. The van der Waals surface area contributed by atoms with Gasteiger partial charge in [-0.05, 0) is 35.9 Å². The largest absolute Gasteiger partial charge is 0.508 e. The molecule has 0 radical (unpaired) electrons. The van der Waals surface area contributed by atoms with E-state index in [4.69, 9.17) is 11.6 Å². The highest BCUT2D eigenvalue weighted by atomic mass is 35.5. The number of carbonyl (C=O) groups is 1. The standard InChI is InChI=1S/C15H15ClN2O2/c1-17-15(20)11-4-7-13(16)14(8-11)18-9-10-2-5-12(19)6-3-10/h2-8,18-19H,9H2,1H3,(H,17,20). The van der Waals surface area contributed by atoms with Crippen LogP contribution in [0.2, 0.25) is 5.02 Å². The van der Waals surface area contributed by atoms with Gasteiger partial charge in [-0.1, -0.05) is 23.7 Å². The summed E-state index contributed by atoms with van der Waals surface area (Å²) in [7, 11) is 1.58. The Kier molecular flexibility index (Phi) is 4.48. The Labute approximate surface area is 122 Å². The molecule has 0 heterocycles. The van der Waals surface area contributed by atoms with Crippen LogP contribution in [0.5, 0.6) is 5.75 Å².